The molecule has 0 aliphatic carbocycles. The highest BCUT2D eigenvalue weighted by molar-refractivity contribution is 5.78. The van der Waals surface area contributed by atoms with E-state index in [2.05, 4.69) is 4.90 Å². The number of likely N-dealkylation sites (tertiary alicyclic amines) is 1. The minimum Gasteiger partial charge on any atom is -0.383 e. The fourth-order valence-electron chi connectivity index (χ4n) is 1.59. The van der Waals surface area contributed by atoms with Crippen LogP contribution in [-0.2, 0) is 9.53 Å². The molecule has 0 spiro atoms. The predicted octanol–water partition coefficient (Wildman–Crippen LogP) is 0.544. The minimum absolute atomic E-state index is 0.279. The van der Waals surface area contributed by atoms with Crippen LogP contribution < -0.4 is 0 Å². The highest BCUT2D eigenvalue weighted by Crippen LogP contribution is 2.16. The second-order valence-electron chi connectivity index (χ2n) is 3.39. The fraction of sp³-hybridized carbons (Fsp3) is 0.889. The number of ether oxygens (including phenoxy) is 1. The number of carbonyl (C=O) groups excluding carboxylic acids is 1. The number of methoxy groups -OCH3 is 1. The maximum absolute atomic E-state index is 11.0. The van der Waals surface area contributed by atoms with Crippen molar-refractivity contribution in [2.75, 3.05) is 33.4 Å². The predicted molar refractivity (Wildman–Crippen MR) is 47.1 cm³/mol. The summed E-state index contributed by atoms with van der Waals surface area (Å²) in [5.41, 5.74) is 0. The number of nitrogens with zero attached hydrogens (tertiary/aromatic N) is 1. The molecule has 0 bridgehead atoms. The van der Waals surface area contributed by atoms with Gasteiger partial charge in [0.25, 0.3) is 0 Å². The highest BCUT2D eigenvalue weighted by Gasteiger charge is 2.24. The minimum atomic E-state index is 0.279. The van der Waals surface area contributed by atoms with E-state index in [4.69, 9.17) is 4.74 Å². The Labute approximate surface area is 73.7 Å². The molecule has 1 atom stereocenters. The van der Waals surface area contributed by atoms with Crippen LogP contribution in [0.1, 0.15) is 13.3 Å². The number of hydrogen-bond acceptors (Lipinski definition) is 3. The first-order chi connectivity index (χ1) is 5.74. The van der Waals surface area contributed by atoms with Gasteiger partial charge in [0, 0.05) is 26.1 Å². The summed E-state index contributed by atoms with van der Waals surface area (Å²) in [6, 6.07) is 0. The molecule has 0 aromatic heterocycles. The lowest BCUT2D eigenvalue weighted by molar-refractivity contribution is -0.120. The summed E-state index contributed by atoms with van der Waals surface area (Å²) in [7, 11) is 1.71. The molecule has 1 fully saturated rings. The number of rotatable bonds is 4. The smallest absolute Gasteiger partial charge is 0.134 e. The second-order valence-corrected chi connectivity index (χ2v) is 3.39. The first-order valence-corrected chi connectivity index (χ1v) is 4.45. The molecular formula is C9H17NO2. The van der Waals surface area contributed by atoms with Gasteiger partial charge in [-0.1, -0.05) is 0 Å². The Morgan fingerprint density at radius 1 is 1.67 bits per heavy atom. The van der Waals surface area contributed by atoms with Crippen molar-refractivity contribution in [1.82, 2.24) is 4.90 Å². The van der Waals surface area contributed by atoms with Crippen molar-refractivity contribution in [3.63, 3.8) is 0 Å². The highest BCUT2D eigenvalue weighted by atomic mass is 16.5. The summed E-state index contributed by atoms with van der Waals surface area (Å²) < 4.78 is 4.97. The molecule has 0 saturated carbocycles. The Morgan fingerprint density at radius 2 is 2.42 bits per heavy atom. The zero-order valence-electron chi connectivity index (χ0n) is 7.88. The summed E-state index contributed by atoms with van der Waals surface area (Å²) >= 11 is 0. The van der Waals surface area contributed by atoms with Gasteiger partial charge in [-0.25, -0.2) is 0 Å². The second kappa shape index (κ2) is 4.58. The van der Waals surface area contributed by atoms with Crippen LogP contribution in [0.25, 0.3) is 0 Å². The molecule has 1 aliphatic rings. The van der Waals surface area contributed by atoms with Crippen molar-refractivity contribution in [3.8, 4) is 0 Å². The summed E-state index contributed by atoms with van der Waals surface area (Å²) in [5, 5.41) is 0. The quantitative estimate of drug-likeness (QED) is 0.618. The van der Waals surface area contributed by atoms with E-state index in [1.54, 1.807) is 14.0 Å². The topological polar surface area (TPSA) is 29.5 Å². The fourth-order valence-corrected chi connectivity index (χ4v) is 1.59. The standard InChI is InChI=1S/C9H17NO2/c1-8(11)9-3-4-10(7-9)5-6-12-2/h9H,3-7H2,1-2H3/t9-/m1/s1. The van der Waals surface area contributed by atoms with Gasteiger partial charge in [-0.2, -0.15) is 0 Å². The molecule has 3 nitrogen and oxygen atoms in total. The molecule has 0 radical (unpaired) electrons. The lowest BCUT2D eigenvalue weighted by Crippen LogP contribution is -2.26. The maximum atomic E-state index is 11.0. The van der Waals surface area contributed by atoms with Gasteiger partial charge in [0.2, 0.25) is 0 Å². The molecule has 12 heavy (non-hydrogen) atoms. The molecule has 0 aromatic carbocycles. The molecule has 0 unspecified atom stereocenters. The van der Waals surface area contributed by atoms with Gasteiger partial charge < -0.3 is 9.64 Å². The SMILES string of the molecule is COCCN1CC[C@@H](C(C)=O)C1. The molecular weight excluding hydrogens is 154 g/mol. The van der Waals surface area contributed by atoms with Gasteiger partial charge in [0.1, 0.15) is 5.78 Å². The maximum Gasteiger partial charge on any atom is 0.134 e. The molecule has 0 amide bonds. The normalized spacial score (nSPS) is 24.7. The largest absolute Gasteiger partial charge is 0.383 e. The Kier molecular flexibility index (Phi) is 3.69. The molecule has 0 N–H and O–H groups in total. The van der Waals surface area contributed by atoms with E-state index >= 15 is 0 Å². The molecule has 1 saturated heterocycles. The molecule has 1 rings (SSSR count). The van der Waals surface area contributed by atoms with Gasteiger partial charge in [0.05, 0.1) is 6.61 Å². The zero-order chi connectivity index (χ0) is 8.97. The van der Waals surface area contributed by atoms with Gasteiger partial charge in [0.15, 0.2) is 0 Å². The van der Waals surface area contributed by atoms with Gasteiger partial charge >= 0.3 is 0 Å². The Hall–Kier alpha value is -0.410. The Balaban J connectivity index is 2.21. The molecule has 1 heterocycles. The number of hydrogen-bond donors (Lipinski definition) is 0. The average Bonchev–Trinajstić information content (AvgIpc) is 2.48. The van der Waals surface area contributed by atoms with Crippen LogP contribution in [0.15, 0.2) is 0 Å². The van der Waals surface area contributed by atoms with Crippen molar-refractivity contribution in [1.29, 1.82) is 0 Å². The van der Waals surface area contributed by atoms with Crippen LogP contribution in [0.3, 0.4) is 0 Å². The molecule has 3 heteroatoms. The van der Waals surface area contributed by atoms with Crippen LogP contribution in [0.4, 0.5) is 0 Å². The van der Waals surface area contributed by atoms with Crippen molar-refractivity contribution < 1.29 is 9.53 Å². The molecule has 1 aliphatic heterocycles. The summed E-state index contributed by atoms with van der Waals surface area (Å²) in [4.78, 5) is 13.3. The lowest BCUT2D eigenvalue weighted by atomic mass is 10.1. The number of carbonyl (C=O) groups is 1. The monoisotopic (exact) mass is 171 g/mol. The third-order valence-electron chi connectivity index (χ3n) is 2.46. The van der Waals surface area contributed by atoms with Crippen LogP contribution in [0, 0.1) is 5.92 Å². The van der Waals surface area contributed by atoms with Crippen LogP contribution >= 0.6 is 0 Å². The van der Waals surface area contributed by atoms with E-state index in [0.29, 0.717) is 5.78 Å². The Morgan fingerprint density at radius 3 is 2.92 bits per heavy atom. The number of ketones is 1. The molecule has 70 valence electrons. The van der Waals surface area contributed by atoms with Crippen molar-refractivity contribution in [3.05, 3.63) is 0 Å². The van der Waals surface area contributed by atoms with Gasteiger partial charge in [-0.3, -0.25) is 4.79 Å². The van der Waals surface area contributed by atoms with Gasteiger partial charge in [-0.15, -0.1) is 0 Å². The van der Waals surface area contributed by atoms with E-state index in [-0.39, 0.29) is 5.92 Å². The zero-order valence-corrected chi connectivity index (χ0v) is 7.88. The van der Waals surface area contributed by atoms with Gasteiger partial charge in [-0.05, 0) is 19.9 Å². The first kappa shape index (κ1) is 9.68. The van der Waals surface area contributed by atoms with E-state index in [0.717, 1.165) is 32.7 Å². The third-order valence-corrected chi connectivity index (χ3v) is 2.46. The third kappa shape index (κ3) is 2.57. The summed E-state index contributed by atoms with van der Waals surface area (Å²) in [6.07, 6.45) is 1.03. The van der Waals surface area contributed by atoms with E-state index in [1.165, 1.54) is 0 Å². The molecule has 0 aromatic rings. The lowest BCUT2D eigenvalue weighted by Gasteiger charge is -2.13. The van der Waals surface area contributed by atoms with E-state index < -0.39 is 0 Å². The van der Waals surface area contributed by atoms with Crippen molar-refractivity contribution >= 4 is 5.78 Å². The summed E-state index contributed by atoms with van der Waals surface area (Å²) in [5.74, 6) is 0.608. The van der Waals surface area contributed by atoms with Crippen LogP contribution in [0.2, 0.25) is 0 Å². The first-order valence-electron chi connectivity index (χ1n) is 4.45. The average molecular weight is 171 g/mol. The van der Waals surface area contributed by atoms with Crippen molar-refractivity contribution in [2.24, 2.45) is 5.92 Å². The van der Waals surface area contributed by atoms with Crippen LogP contribution in [0.5, 0.6) is 0 Å². The Bertz CT molecular complexity index is 159. The van der Waals surface area contributed by atoms with Crippen LogP contribution in [-0.4, -0.2) is 44.0 Å². The van der Waals surface area contributed by atoms with Crippen molar-refractivity contribution in [2.45, 2.75) is 13.3 Å². The van der Waals surface area contributed by atoms with E-state index in [9.17, 15) is 4.79 Å². The van der Waals surface area contributed by atoms with E-state index in [1.807, 2.05) is 0 Å². The number of Topliss-reactive ketones (excluding diaryl/α,β-unsaturated/α-hetero) is 1. The summed E-state index contributed by atoms with van der Waals surface area (Å²) in [6.45, 7) is 5.39.